The number of anilines is 2. The van der Waals surface area contributed by atoms with Gasteiger partial charge in [-0.3, -0.25) is 14.4 Å². The highest BCUT2D eigenvalue weighted by atomic mass is 31.2. The van der Waals surface area contributed by atoms with Crippen molar-refractivity contribution < 1.29 is 14.4 Å². The number of Topliss-reactive ketones (excluding diaryl/α,β-unsaturated/α-hetero) is 1. The highest BCUT2D eigenvalue weighted by molar-refractivity contribution is 7.97. The van der Waals surface area contributed by atoms with E-state index in [1.807, 2.05) is 122 Å². The first-order valence-corrected chi connectivity index (χ1v) is 15.8. The quantitative estimate of drug-likeness (QED) is 0.139. The second kappa shape index (κ2) is 12.9. The second-order valence-corrected chi connectivity index (χ2v) is 13.7. The summed E-state index contributed by atoms with van der Waals surface area (Å²) < 4.78 is 0. The summed E-state index contributed by atoms with van der Waals surface area (Å²) in [5, 5.41) is 5.86. The lowest BCUT2D eigenvalue weighted by Crippen LogP contribution is -2.45. The van der Waals surface area contributed by atoms with Gasteiger partial charge in [0.1, 0.15) is 5.29 Å². The molecule has 0 radical (unpaired) electrons. The summed E-state index contributed by atoms with van der Waals surface area (Å²) in [7, 11) is 1.67. The highest BCUT2D eigenvalue weighted by Crippen LogP contribution is 2.47. The molecule has 5 rings (SSSR count). The number of carbonyl (C=O) groups excluding carboxylic acids is 3. The maximum absolute atomic E-state index is 14.9. The van der Waals surface area contributed by atoms with Gasteiger partial charge in [-0.25, -0.2) is 0 Å². The number of amides is 2. The van der Waals surface area contributed by atoms with Gasteiger partial charge < -0.3 is 10.2 Å². The lowest BCUT2D eigenvalue weighted by Gasteiger charge is -2.33. The van der Waals surface area contributed by atoms with Gasteiger partial charge in [0, 0.05) is 24.0 Å². The summed E-state index contributed by atoms with van der Waals surface area (Å²) in [6.07, 6.45) is 0. The lowest BCUT2D eigenvalue weighted by atomic mass is 10.1. The standard InChI is InChI=1S/C37H33N2O3P/c1-27-19-23-30(24-20-27)38-36(41)35(37(42)39(3)31-25-21-29(22-26-31)28(2)40)43(32-13-7-4-8-14-32,33-15-9-5-10-16-33)34-17-11-6-12-18-34/h4-26H,1-3H3,(H,38,41). The minimum atomic E-state index is -3.06. The zero-order valence-electron chi connectivity index (χ0n) is 24.4. The second-order valence-electron chi connectivity index (χ2n) is 10.3. The zero-order valence-corrected chi connectivity index (χ0v) is 25.3. The van der Waals surface area contributed by atoms with Crippen molar-refractivity contribution in [1.29, 1.82) is 0 Å². The van der Waals surface area contributed by atoms with Crippen LogP contribution >= 0.6 is 6.89 Å². The molecule has 5 nitrogen and oxygen atoms in total. The van der Waals surface area contributed by atoms with Crippen LogP contribution in [0.5, 0.6) is 0 Å². The third-order valence-electron chi connectivity index (χ3n) is 7.46. The number of nitrogens with zero attached hydrogens (tertiary/aromatic N) is 1. The topological polar surface area (TPSA) is 66.5 Å². The molecule has 0 unspecified atom stereocenters. The number of rotatable bonds is 8. The van der Waals surface area contributed by atoms with E-state index in [1.54, 1.807) is 31.3 Å². The molecule has 0 bridgehead atoms. The summed E-state index contributed by atoms with van der Waals surface area (Å²) in [6, 6.07) is 43.9. The van der Waals surface area contributed by atoms with E-state index in [9.17, 15) is 14.4 Å². The number of hydrogen-bond donors (Lipinski definition) is 1. The van der Waals surface area contributed by atoms with Crippen LogP contribution in [0, 0.1) is 6.92 Å². The summed E-state index contributed by atoms with van der Waals surface area (Å²) in [5.74, 6) is -0.955. The number of ketones is 1. The maximum atomic E-state index is 14.9. The molecule has 0 saturated carbocycles. The lowest BCUT2D eigenvalue weighted by molar-refractivity contribution is -0.115. The van der Waals surface area contributed by atoms with E-state index in [0.717, 1.165) is 21.5 Å². The molecule has 0 aliphatic rings. The fraction of sp³-hybridized carbons (Fsp3) is 0.0811. The van der Waals surface area contributed by atoms with Crippen LogP contribution in [0.4, 0.5) is 11.4 Å². The molecule has 0 fully saturated rings. The molecule has 0 aliphatic heterocycles. The number of aryl methyl sites for hydroxylation is 1. The van der Waals surface area contributed by atoms with E-state index >= 15 is 0 Å². The van der Waals surface area contributed by atoms with E-state index in [1.165, 1.54) is 11.8 Å². The molecule has 6 heteroatoms. The molecule has 0 aliphatic carbocycles. The van der Waals surface area contributed by atoms with E-state index in [-0.39, 0.29) is 11.1 Å². The zero-order chi connectivity index (χ0) is 30.4. The van der Waals surface area contributed by atoms with Crippen molar-refractivity contribution in [3.8, 4) is 0 Å². The van der Waals surface area contributed by atoms with Gasteiger partial charge in [-0.2, -0.15) is 0 Å². The first-order valence-electron chi connectivity index (χ1n) is 14.0. The summed E-state index contributed by atoms with van der Waals surface area (Å²) in [6.45, 7) is 0.423. The Morgan fingerprint density at radius 1 is 0.605 bits per heavy atom. The summed E-state index contributed by atoms with van der Waals surface area (Å²) >= 11 is 0. The predicted molar refractivity (Wildman–Crippen MR) is 180 cm³/mol. The normalized spacial score (nSPS) is 11.0. The van der Waals surface area contributed by atoms with Crippen LogP contribution < -0.4 is 26.1 Å². The Labute approximate surface area is 252 Å². The Balaban J connectivity index is 1.87. The van der Waals surface area contributed by atoms with E-state index in [4.69, 9.17) is 0 Å². The molecular formula is C37H33N2O3P. The van der Waals surface area contributed by atoms with Crippen LogP contribution in [0.25, 0.3) is 0 Å². The van der Waals surface area contributed by atoms with Crippen LogP contribution in [0.3, 0.4) is 0 Å². The van der Waals surface area contributed by atoms with Crippen molar-refractivity contribution in [2.24, 2.45) is 0 Å². The molecule has 0 spiro atoms. The number of carbonyl (C=O) groups is 3. The van der Waals surface area contributed by atoms with Crippen LogP contribution in [0.1, 0.15) is 22.8 Å². The first-order chi connectivity index (χ1) is 20.8. The molecule has 0 aromatic heterocycles. The molecule has 5 aromatic carbocycles. The molecule has 0 saturated heterocycles. The van der Waals surface area contributed by atoms with E-state index in [2.05, 4.69) is 5.32 Å². The van der Waals surface area contributed by atoms with Gasteiger partial charge in [0.2, 0.25) is 0 Å². The third kappa shape index (κ3) is 5.99. The fourth-order valence-corrected chi connectivity index (χ4v) is 9.53. The van der Waals surface area contributed by atoms with Crippen molar-refractivity contribution in [3.05, 3.63) is 151 Å². The Morgan fingerprint density at radius 2 is 1.05 bits per heavy atom. The average molecular weight is 585 g/mol. The first kappa shape index (κ1) is 29.5. The predicted octanol–water partition coefficient (Wildman–Crippen LogP) is 5.97. The molecule has 214 valence electrons. The van der Waals surface area contributed by atoms with Gasteiger partial charge in [-0.05, 0) is 73.0 Å². The van der Waals surface area contributed by atoms with Gasteiger partial charge in [-0.1, -0.05) is 109 Å². The molecular weight excluding hydrogens is 551 g/mol. The SMILES string of the molecule is CC(=O)c1ccc(N(C)C(=O)C(C(=O)Nc2ccc(C)cc2)=P(c2ccccc2)(c2ccccc2)c2ccccc2)cc1. The molecule has 2 amide bonds. The van der Waals surface area contributed by atoms with Gasteiger partial charge >= 0.3 is 0 Å². The van der Waals surface area contributed by atoms with Crippen LogP contribution in [-0.2, 0) is 9.59 Å². The van der Waals surface area contributed by atoms with Crippen molar-refractivity contribution in [3.63, 3.8) is 0 Å². The summed E-state index contributed by atoms with van der Waals surface area (Å²) in [5.41, 5.74) is 2.78. The molecule has 1 N–H and O–H groups in total. The van der Waals surface area contributed by atoms with Crippen molar-refractivity contribution >= 4 is 57.1 Å². The number of benzene rings is 5. The monoisotopic (exact) mass is 584 g/mol. The van der Waals surface area contributed by atoms with E-state index in [0.29, 0.717) is 16.9 Å². The minimum Gasteiger partial charge on any atom is -0.322 e. The van der Waals surface area contributed by atoms with Crippen LogP contribution in [0.2, 0.25) is 0 Å². The fourth-order valence-electron chi connectivity index (χ4n) is 5.21. The Morgan fingerprint density at radius 3 is 1.47 bits per heavy atom. The van der Waals surface area contributed by atoms with Crippen molar-refractivity contribution in [1.82, 2.24) is 0 Å². The van der Waals surface area contributed by atoms with Crippen molar-refractivity contribution in [2.45, 2.75) is 13.8 Å². The molecule has 5 aromatic rings. The smallest absolute Gasteiger partial charge is 0.264 e. The summed E-state index contributed by atoms with van der Waals surface area (Å²) in [4.78, 5) is 43.0. The van der Waals surface area contributed by atoms with Crippen LogP contribution in [0.15, 0.2) is 140 Å². The average Bonchev–Trinajstić information content (AvgIpc) is 3.05. The maximum Gasteiger partial charge on any atom is 0.264 e. The Bertz CT molecular complexity index is 1700. The Hall–Kier alpha value is -4.99. The number of nitrogens with one attached hydrogen (secondary N) is 1. The molecule has 43 heavy (non-hydrogen) atoms. The van der Waals surface area contributed by atoms with Gasteiger partial charge in [0.05, 0.1) is 0 Å². The number of hydrogen-bond acceptors (Lipinski definition) is 3. The largest absolute Gasteiger partial charge is 0.322 e. The van der Waals surface area contributed by atoms with Crippen molar-refractivity contribution in [2.75, 3.05) is 17.3 Å². The molecule has 0 heterocycles. The third-order valence-corrected chi connectivity index (χ3v) is 11.7. The van der Waals surface area contributed by atoms with Gasteiger partial charge in [-0.15, -0.1) is 0 Å². The molecule has 0 atom stereocenters. The Kier molecular flexibility index (Phi) is 8.85. The minimum absolute atomic E-state index is 0.0626. The van der Waals surface area contributed by atoms with Crippen LogP contribution in [-0.4, -0.2) is 29.9 Å². The van der Waals surface area contributed by atoms with Gasteiger partial charge in [0.15, 0.2) is 5.78 Å². The highest BCUT2D eigenvalue weighted by Gasteiger charge is 2.38. The van der Waals surface area contributed by atoms with E-state index < -0.39 is 18.7 Å². The van der Waals surface area contributed by atoms with Gasteiger partial charge in [0.25, 0.3) is 11.8 Å².